The Morgan fingerprint density at radius 3 is 2.52 bits per heavy atom. The molecule has 0 aliphatic carbocycles. The summed E-state index contributed by atoms with van der Waals surface area (Å²) in [6, 6.07) is 9.99. The Hall–Kier alpha value is -1.55. The van der Waals surface area contributed by atoms with Crippen LogP contribution in [0.1, 0.15) is 32.1 Å². The van der Waals surface area contributed by atoms with Crippen LogP contribution in [0.4, 0.5) is 0 Å². The van der Waals surface area contributed by atoms with E-state index in [1.807, 2.05) is 35.2 Å². The number of amides is 1. The molecule has 0 saturated carbocycles. The first-order valence-electron chi connectivity index (χ1n) is 8.07. The van der Waals surface area contributed by atoms with Gasteiger partial charge in [0.15, 0.2) is 0 Å². The maximum atomic E-state index is 12.4. The molecule has 0 spiro atoms. The number of nitrogens with zero attached hydrogens (tertiary/aromatic N) is 1. The summed E-state index contributed by atoms with van der Waals surface area (Å²) in [5.41, 5.74) is 0. The number of likely N-dealkylation sites (tertiary alicyclic amines) is 1. The van der Waals surface area contributed by atoms with Gasteiger partial charge in [-0.25, -0.2) is 0 Å². The van der Waals surface area contributed by atoms with Crippen LogP contribution in [0.25, 0.3) is 0 Å². The molecule has 0 unspecified atom stereocenters. The lowest BCUT2D eigenvalue weighted by molar-refractivity contribution is -0.135. The third-order valence-corrected chi connectivity index (χ3v) is 4.41. The average Bonchev–Trinajstić information content (AvgIpc) is 2.57. The maximum absolute atomic E-state index is 12.4. The highest BCUT2D eigenvalue weighted by Crippen LogP contribution is 2.20. The molecule has 1 aromatic rings. The fourth-order valence-corrected chi connectivity index (χ4v) is 3.17. The van der Waals surface area contributed by atoms with Crippen LogP contribution in [-0.4, -0.2) is 42.6 Å². The monoisotopic (exact) mass is 288 g/mol. The van der Waals surface area contributed by atoms with E-state index in [9.17, 15) is 4.79 Å². The Kier molecular flexibility index (Phi) is 4.76. The van der Waals surface area contributed by atoms with E-state index in [1.165, 1.54) is 6.42 Å². The molecule has 1 N–H and O–H groups in total. The molecular weight excluding hydrogens is 264 g/mol. The Bertz CT molecular complexity index is 449. The number of hydrogen-bond acceptors (Lipinski definition) is 3. The van der Waals surface area contributed by atoms with Crippen molar-refractivity contribution in [3.05, 3.63) is 30.3 Å². The summed E-state index contributed by atoms with van der Waals surface area (Å²) in [6.45, 7) is 2.60. The molecule has 1 amide bonds. The zero-order valence-electron chi connectivity index (χ0n) is 12.5. The second kappa shape index (κ2) is 6.94. The maximum Gasteiger partial charge on any atom is 0.239 e. The van der Waals surface area contributed by atoms with Gasteiger partial charge in [0.05, 0.1) is 6.04 Å². The molecule has 2 aliphatic rings. The van der Waals surface area contributed by atoms with E-state index >= 15 is 0 Å². The summed E-state index contributed by atoms with van der Waals surface area (Å²) in [5.74, 6) is 1.21. The highest BCUT2D eigenvalue weighted by Gasteiger charge is 2.29. The summed E-state index contributed by atoms with van der Waals surface area (Å²) in [5, 5.41) is 3.34. The van der Waals surface area contributed by atoms with Gasteiger partial charge in [0.2, 0.25) is 5.91 Å². The van der Waals surface area contributed by atoms with E-state index in [0.717, 1.165) is 51.1 Å². The highest BCUT2D eigenvalue weighted by molar-refractivity contribution is 5.82. The number of para-hydroxylation sites is 1. The van der Waals surface area contributed by atoms with E-state index < -0.39 is 0 Å². The van der Waals surface area contributed by atoms with Crippen molar-refractivity contribution in [2.45, 2.75) is 44.2 Å². The second-order valence-corrected chi connectivity index (χ2v) is 5.96. The SMILES string of the molecule is O=C([C@@H]1CCCCN1)N1CCC(Oc2ccccc2)CC1. The first-order chi connectivity index (χ1) is 10.3. The van der Waals surface area contributed by atoms with Gasteiger partial charge in [-0.15, -0.1) is 0 Å². The van der Waals surface area contributed by atoms with Gasteiger partial charge in [-0.2, -0.15) is 0 Å². The van der Waals surface area contributed by atoms with Crippen LogP contribution in [0.2, 0.25) is 0 Å². The van der Waals surface area contributed by atoms with Crippen molar-refractivity contribution in [2.75, 3.05) is 19.6 Å². The lowest BCUT2D eigenvalue weighted by Crippen LogP contribution is -2.51. The summed E-state index contributed by atoms with van der Waals surface area (Å²) in [4.78, 5) is 14.4. The third-order valence-electron chi connectivity index (χ3n) is 4.41. The van der Waals surface area contributed by atoms with E-state index in [-0.39, 0.29) is 18.1 Å². The van der Waals surface area contributed by atoms with Crippen molar-refractivity contribution in [3.63, 3.8) is 0 Å². The molecule has 2 heterocycles. The van der Waals surface area contributed by atoms with Crippen molar-refractivity contribution < 1.29 is 9.53 Å². The molecule has 2 fully saturated rings. The number of ether oxygens (including phenoxy) is 1. The van der Waals surface area contributed by atoms with Crippen molar-refractivity contribution in [3.8, 4) is 5.75 Å². The van der Waals surface area contributed by atoms with Crippen molar-refractivity contribution in [1.29, 1.82) is 0 Å². The van der Waals surface area contributed by atoms with Crippen molar-refractivity contribution in [2.24, 2.45) is 0 Å². The standard InChI is InChI=1S/C17H24N2O2/c20-17(16-8-4-5-11-18-16)19-12-9-15(10-13-19)21-14-6-2-1-3-7-14/h1-3,6-7,15-16,18H,4-5,8-13H2/t16-/m0/s1. The molecule has 0 aromatic heterocycles. The van der Waals surface area contributed by atoms with E-state index in [2.05, 4.69) is 5.32 Å². The van der Waals surface area contributed by atoms with Gasteiger partial charge in [0.25, 0.3) is 0 Å². The van der Waals surface area contributed by atoms with Gasteiger partial charge in [0.1, 0.15) is 11.9 Å². The molecule has 4 nitrogen and oxygen atoms in total. The van der Waals surface area contributed by atoms with Crippen LogP contribution in [0, 0.1) is 0 Å². The third kappa shape index (κ3) is 3.76. The van der Waals surface area contributed by atoms with Gasteiger partial charge >= 0.3 is 0 Å². The topological polar surface area (TPSA) is 41.6 Å². The van der Waals surface area contributed by atoms with Crippen molar-refractivity contribution >= 4 is 5.91 Å². The number of piperidine rings is 2. The Balaban J connectivity index is 1.47. The Labute approximate surface area is 126 Å². The highest BCUT2D eigenvalue weighted by atomic mass is 16.5. The number of rotatable bonds is 3. The van der Waals surface area contributed by atoms with Crippen LogP contribution in [-0.2, 0) is 4.79 Å². The van der Waals surface area contributed by atoms with Crippen LogP contribution < -0.4 is 10.1 Å². The second-order valence-electron chi connectivity index (χ2n) is 5.96. The van der Waals surface area contributed by atoms with Crippen LogP contribution in [0.3, 0.4) is 0 Å². The fourth-order valence-electron chi connectivity index (χ4n) is 3.17. The minimum absolute atomic E-state index is 0.0466. The minimum atomic E-state index is 0.0466. The molecule has 0 bridgehead atoms. The summed E-state index contributed by atoms with van der Waals surface area (Å²) >= 11 is 0. The van der Waals surface area contributed by atoms with Gasteiger partial charge in [0, 0.05) is 25.9 Å². The molecule has 3 rings (SSSR count). The molecular formula is C17H24N2O2. The Morgan fingerprint density at radius 2 is 1.86 bits per heavy atom. The molecule has 1 atom stereocenters. The molecule has 114 valence electrons. The number of carbonyl (C=O) groups excluding carboxylic acids is 1. The molecule has 2 saturated heterocycles. The van der Waals surface area contributed by atoms with Gasteiger partial charge in [-0.3, -0.25) is 4.79 Å². The number of carbonyl (C=O) groups is 1. The molecule has 21 heavy (non-hydrogen) atoms. The summed E-state index contributed by atoms with van der Waals surface area (Å²) < 4.78 is 5.98. The predicted octanol–water partition coefficient (Wildman–Crippen LogP) is 2.20. The van der Waals surface area contributed by atoms with E-state index in [4.69, 9.17) is 4.74 Å². The zero-order chi connectivity index (χ0) is 14.5. The smallest absolute Gasteiger partial charge is 0.239 e. The quantitative estimate of drug-likeness (QED) is 0.927. The molecule has 4 heteroatoms. The number of benzene rings is 1. The summed E-state index contributed by atoms with van der Waals surface area (Å²) in [6.07, 6.45) is 5.42. The summed E-state index contributed by atoms with van der Waals surface area (Å²) in [7, 11) is 0. The Morgan fingerprint density at radius 1 is 1.10 bits per heavy atom. The lowest BCUT2D eigenvalue weighted by Gasteiger charge is -2.35. The molecule has 1 aromatic carbocycles. The average molecular weight is 288 g/mol. The molecule has 2 aliphatic heterocycles. The first-order valence-corrected chi connectivity index (χ1v) is 8.07. The van der Waals surface area contributed by atoms with Crippen LogP contribution in [0.5, 0.6) is 5.75 Å². The molecule has 0 radical (unpaired) electrons. The van der Waals surface area contributed by atoms with Gasteiger partial charge in [-0.1, -0.05) is 24.6 Å². The van der Waals surface area contributed by atoms with Crippen LogP contribution in [0.15, 0.2) is 30.3 Å². The van der Waals surface area contributed by atoms with Gasteiger partial charge < -0.3 is 15.0 Å². The van der Waals surface area contributed by atoms with E-state index in [0.29, 0.717) is 0 Å². The minimum Gasteiger partial charge on any atom is -0.490 e. The number of hydrogen-bond donors (Lipinski definition) is 1. The first kappa shape index (κ1) is 14.4. The largest absolute Gasteiger partial charge is 0.490 e. The normalized spacial score (nSPS) is 23.8. The van der Waals surface area contributed by atoms with E-state index in [1.54, 1.807) is 0 Å². The fraction of sp³-hybridized carbons (Fsp3) is 0.588. The van der Waals surface area contributed by atoms with Crippen LogP contribution >= 0.6 is 0 Å². The zero-order valence-corrected chi connectivity index (χ0v) is 12.5. The number of nitrogens with one attached hydrogen (secondary N) is 1. The predicted molar refractivity (Wildman–Crippen MR) is 82.3 cm³/mol. The lowest BCUT2D eigenvalue weighted by atomic mass is 10.0. The van der Waals surface area contributed by atoms with Gasteiger partial charge in [-0.05, 0) is 31.5 Å². The van der Waals surface area contributed by atoms with Crippen molar-refractivity contribution in [1.82, 2.24) is 10.2 Å².